The number of hydrogen-bond donors (Lipinski definition) is 1. The maximum Gasteiger partial charge on any atom is 0.321 e. The number of nitrogens with zero attached hydrogens (tertiary/aromatic N) is 4. The van der Waals surface area contributed by atoms with E-state index in [1.54, 1.807) is 42.7 Å². The average molecular weight is 440 g/mol. The summed E-state index contributed by atoms with van der Waals surface area (Å²) in [4.78, 5) is 20.5. The maximum absolute atomic E-state index is 12.4. The molecule has 2 aromatic carbocycles. The first kappa shape index (κ1) is 22.0. The molecule has 0 aliphatic heterocycles. The summed E-state index contributed by atoms with van der Waals surface area (Å²) >= 11 is 0. The van der Waals surface area contributed by atoms with Crippen LogP contribution < -0.4 is 10.1 Å². The number of benzene rings is 2. The Hall–Kier alpha value is -4.26. The van der Waals surface area contributed by atoms with Gasteiger partial charge in [0.05, 0.1) is 12.2 Å². The first-order valence-electron chi connectivity index (χ1n) is 10.6. The van der Waals surface area contributed by atoms with Crippen LogP contribution in [0.1, 0.15) is 28.1 Å². The summed E-state index contributed by atoms with van der Waals surface area (Å²) < 4.78 is 7.53. The van der Waals surface area contributed by atoms with Crippen LogP contribution in [-0.4, -0.2) is 25.7 Å². The number of ether oxygens (including phenoxy) is 1. The zero-order chi connectivity index (χ0) is 23.2. The standard InChI is InChI=1S/C26H25N5O2/c1-18-5-7-21(8-6-18)17-31-20(3)24(19(2)30-31)13-14-25(32)29-22-9-11-23(12-10-22)33-26-27-15-4-16-28-26/h4-16H,17H2,1-3H3,(H,29,32)/b14-13+. The van der Waals surface area contributed by atoms with Crippen molar-refractivity contribution in [2.45, 2.75) is 27.3 Å². The van der Waals surface area contributed by atoms with Gasteiger partial charge in [-0.1, -0.05) is 29.8 Å². The van der Waals surface area contributed by atoms with Gasteiger partial charge in [0.15, 0.2) is 0 Å². The van der Waals surface area contributed by atoms with Crippen molar-refractivity contribution in [2.24, 2.45) is 0 Å². The highest BCUT2D eigenvalue weighted by Crippen LogP contribution is 2.20. The number of carbonyl (C=O) groups is 1. The number of aromatic nitrogens is 4. The number of rotatable bonds is 7. The molecule has 0 unspecified atom stereocenters. The van der Waals surface area contributed by atoms with E-state index in [-0.39, 0.29) is 11.9 Å². The van der Waals surface area contributed by atoms with E-state index < -0.39 is 0 Å². The molecule has 7 nitrogen and oxygen atoms in total. The molecule has 1 N–H and O–H groups in total. The number of hydrogen-bond acceptors (Lipinski definition) is 5. The summed E-state index contributed by atoms with van der Waals surface area (Å²) in [5.74, 6) is 0.363. The number of aryl methyl sites for hydroxylation is 2. The molecular weight excluding hydrogens is 414 g/mol. The van der Waals surface area contributed by atoms with Crippen molar-refractivity contribution in [2.75, 3.05) is 5.32 Å². The van der Waals surface area contributed by atoms with Gasteiger partial charge in [-0.25, -0.2) is 9.97 Å². The Morgan fingerprint density at radius 1 is 1.00 bits per heavy atom. The second kappa shape index (κ2) is 9.91. The van der Waals surface area contributed by atoms with Gasteiger partial charge in [-0.05, 0) is 62.7 Å². The Kier molecular flexibility index (Phi) is 6.59. The van der Waals surface area contributed by atoms with Gasteiger partial charge < -0.3 is 10.1 Å². The van der Waals surface area contributed by atoms with Crippen molar-refractivity contribution in [1.29, 1.82) is 0 Å². The van der Waals surface area contributed by atoms with Gasteiger partial charge in [0, 0.05) is 35.4 Å². The molecule has 0 bridgehead atoms. The third-order valence-corrected chi connectivity index (χ3v) is 5.16. The third kappa shape index (κ3) is 5.71. The monoisotopic (exact) mass is 439 g/mol. The van der Waals surface area contributed by atoms with Crippen molar-refractivity contribution in [1.82, 2.24) is 19.7 Å². The minimum Gasteiger partial charge on any atom is -0.424 e. The normalized spacial score (nSPS) is 11.0. The minimum absolute atomic E-state index is 0.222. The predicted molar refractivity (Wildman–Crippen MR) is 128 cm³/mol. The summed E-state index contributed by atoms with van der Waals surface area (Å²) in [5, 5.41) is 7.50. The highest BCUT2D eigenvalue weighted by Gasteiger charge is 2.10. The molecule has 0 saturated heterocycles. The molecule has 2 heterocycles. The molecule has 0 fully saturated rings. The van der Waals surface area contributed by atoms with Crippen LogP contribution in [0.15, 0.2) is 73.1 Å². The van der Waals surface area contributed by atoms with Crippen molar-refractivity contribution in [3.63, 3.8) is 0 Å². The first-order valence-corrected chi connectivity index (χ1v) is 10.6. The lowest BCUT2D eigenvalue weighted by molar-refractivity contribution is -0.111. The molecule has 166 valence electrons. The fourth-order valence-electron chi connectivity index (χ4n) is 3.37. The summed E-state index contributed by atoms with van der Waals surface area (Å²) in [5.41, 5.74) is 5.92. The van der Waals surface area contributed by atoms with Crippen molar-refractivity contribution >= 4 is 17.7 Å². The van der Waals surface area contributed by atoms with Crippen molar-refractivity contribution in [3.05, 3.63) is 101 Å². The van der Waals surface area contributed by atoms with E-state index >= 15 is 0 Å². The van der Waals surface area contributed by atoms with Crippen LogP contribution in [0.4, 0.5) is 5.69 Å². The lowest BCUT2D eigenvalue weighted by Gasteiger charge is -2.06. The summed E-state index contributed by atoms with van der Waals surface area (Å²) in [6, 6.07) is 17.4. The summed E-state index contributed by atoms with van der Waals surface area (Å²) in [6.45, 7) is 6.73. The molecule has 0 spiro atoms. The second-order valence-corrected chi connectivity index (χ2v) is 7.71. The quantitative estimate of drug-likeness (QED) is 0.406. The van der Waals surface area contributed by atoms with E-state index in [0.717, 1.165) is 17.0 Å². The van der Waals surface area contributed by atoms with Gasteiger partial charge in [-0.15, -0.1) is 0 Å². The number of amides is 1. The molecule has 4 aromatic rings. The van der Waals surface area contributed by atoms with Gasteiger partial charge in [-0.3, -0.25) is 9.48 Å². The number of carbonyl (C=O) groups excluding carboxylic acids is 1. The number of nitrogens with one attached hydrogen (secondary N) is 1. The van der Waals surface area contributed by atoms with Gasteiger partial charge in [-0.2, -0.15) is 5.10 Å². The Morgan fingerprint density at radius 2 is 1.70 bits per heavy atom. The molecule has 7 heteroatoms. The molecule has 0 aliphatic carbocycles. The molecular formula is C26H25N5O2. The fourth-order valence-corrected chi connectivity index (χ4v) is 3.37. The molecule has 2 aromatic heterocycles. The highest BCUT2D eigenvalue weighted by atomic mass is 16.5. The fraction of sp³-hybridized carbons (Fsp3) is 0.154. The summed E-state index contributed by atoms with van der Waals surface area (Å²) in [7, 11) is 0. The Labute approximate surface area is 192 Å². The summed E-state index contributed by atoms with van der Waals surface area (Å²) in [6.07, 6.45) is 6.55. The van der Waals surface area contributed by atoms with E-state index in [4.69, 9.17) is 4.74 Å². The SMILES string of the molecule is Cc1ccc(Cn2nc(C)c(/C=C/C(=O)Nc3ccc(Oc4ncccn4)cc3)c2C)cc1. The van der Waals surface area contributed by atoms with Gasteiger partial charge in [0.25, 0.3) is 0 Å². The zero-order valence-corrected chi connectivity index (χ0v) is 18.8. The molecule has 0 aliphatic rings. The predicted octanol–water partition coefficient (Wildman–Crippen LogP) is 5.09. The molecule has 0 atom stereocenters. The van der Waals surface area contributed by atoms with Crippen LogP contribution >= 0.6 is 0 Å². The molecule has 1 amide bonds. The Morgan fingerprint density at radius 3 is 2.39 bits per heavy atom. The van der Waals surface area contributed by atoms with Gasteiger partial charge in [0.1, 0.15) is 5.75 Å². The van der Waals surface area contributed by atoms with E-state index in [1.165, 1.54) is 17.2 Å². The molecule has 0 saturated carbocycles. The van der Waals surface area contributed by atoms with E-state index in [9.17, 15) is 4.79 Å². The maximum atomic E-state index is 12.4. The van der Waals surface area contributed by atoms with Crippen LogP contribution in [0.3, 0.4) is 0 Å². The van der Waals surface area contributed by atoms with E-state index in [0.29, 0.717) is 18.0 Å². The van der Waals surface area contributed by atoms with Crippen LogP contribution in [0.2, 0.25) is 0 Å². The van der Waals surface area contributed by atoms with Crippen LogP contribution in [0, 0.1) is 20.8 Å². The first-order chi connectivity index (χ1) is 16.0. The minimum atomic E-state index is -0.222. The zero-order valence-electron chi connectivity index (χ0n) is 18.8. The van der Waals surface area contributed by atoms with Crippen molar-refractivity contribution in [3.8, 4) is 11.8 Å². The van der Waals surface area contributed by atoms with Crippen LogP contribution in [0.25, 0.3) is 6.08 Å². The largest absolute Gasteiger partial charge is 0.424 e. The number of anilines is 1. The molecule has 4 rings (SSSR count). The molecule has 0 radical (unpaired) electrons. The van der Waals surface area contributed by atoms with Crippen molar-refractivity contribution < 1.29 is 9.53 Å². The lowest BCUT2D eigenvalue weighted by atomic mass is 10.1. The van der Waals surface area contributed by atoms with Crippen LogP contribution in [-0.2, 0) is 11.3 Å². The topological polar surface area (TPSA) is 81.9 Å². The van der Waals surface area contributed by atoms with E-state index in [2.05, 4.69) is 51.6 Å². The highest BCUT2D eigenvalue weighted by molar-refractivity contribution is 6.02. The molecule has 33 heavy (non-hydrogen) atoms. The second-order valence-electron chi connectivity index (χ2n) is 7.71. The Balaban J connectivity index is 1.38. The van der Waals surface area contributed by atoms with Gasteiger partial charge >= 0.3 is 6.01 Å². The Bertz CT molecular complexity index is 1260. The van der Waals surface area contributed by atoms with Crippen LogP contribution in [0.5, 0.6) is 11.8 Å². The smallest absolute Gasteiger partial charge is 0.321 e. The van der Waals surface area contributed by atoms with E-state index in [1.807, 2.05) is 24.6 Å². The van der Waals surface area contributed by atoms with Gasteiger partial charge in [0.2, 0.25) is 5.91 Å². The third-order valence-electron chi connectivity index (χ3n) is 5.16. The lowest BCUT2D eigenvalue weighted by Crippen LogP contribution is -2.07. The average Bonchev–Trinajstić information content (AvgIpc) is 3.08.